The first kappa shape index (κ1) is 15.1. The van der Waals surface area contributed by atoms with Crippen LogP contribution in [0.5, 0.6) is 0 Å². The molecule has 0 bridgehead atoms. The van der Waals surface area contributed by atoms with E-state index in [4.69, 9.17) is 5.73 Å². The number of rotatable bonds is 6. The quantitative estimate of drug-likeness (QED) is 0.429. The van der Waals surface area contributed by atoms with E-state index in [1.54, 1.807) is 0 Å². The summed E-state index contributed by atoms with van der Waals surface area (Å²) in [6.07, 6.45) is 1.09. The average molecular weight is 304 g/mol. The van der Waals surface area contributed by atoms with Crippen LogP contribution in [-0.2, 0) is 4.79 Å². The number of nitrogens with zero attached hydrogens (tertiary/aromatic N) is 1. The average Bonchev–Trinajstić information content (AvgIpc) is 2.44. The van der Waals surface area contributed by atoms with E-state index in [-0.39, 0.29) is 17.3 Å². The van der Waals surface area contributed by atoms with Gasteiger partial charge in [-0.25, -0.2) is 4.98 Å². The van der Waals surface area contributed by atoms with Gasteiger partial charge in [-0.2, -0.15) is 0 Å². The Morgan fingerprint density at radius 2 is 2.10 bits per heavy atom. The molecule has 0 radical (unpaired) electrons. The Balaban J connectivity index is 1.72. The smallest absolute Gasteiger partial charge is 0.253 e. The normalized spacial score (nSPS) is 10.3. The van der Waals surface area contributed by atoms with Crippen molar-refractivity contribution < 1.29 is 4.79 Å². The van der Waals surface area contributed by atoms with Crippen molar-refractivity contribution in [1.82, 2.24) is 9.97 Å². The first-order chi connectivity index (χ1) is 10.1. The number of nitrogen functional groups attached to an aromatic ring is 1. The minimum absolute atomic E-state index is 0.0316. The van der Waals surface area contributed by atoms with Crippen molar-refractivity contribution in [2.24, 2.45) is 0 Å². The van der Waals surface area contributed by atoms with Gasteiger partial charge in [-0.1, -0.05) is 30.0 Å². The maximum atomic E-state index is 11.7. The molecule has 0 unspecified atom stereocenters. The molecule has 0 saturated carbocycles. The Morgan fingerprint density at radius 3 is 2.81 bits per heavy atom. The lowest BCUT2D eigenvalue weighted by molar-refractivity contribution is -0.116. The van der Waals surface area contributed by atoms with Crippen LogP contribution < -0.4 is 16.6 Å². The third-order valence-corrected chi connectivity index (χ3v) is 3.54. The van der Waals surface area contributed by atoms with Gasteiger partial charge in [-0.05, 0) is 18.6 Å². The summed E-state index contributed by atoms with van der Waals surface area (Å²) in [7, 11) is 0. The molecule has 0 aliphatic rings. The van der Waals surface area contributed by atoms with Crippen molar-refractivity contribution in [2.45, 2.75) is 18.0 Å². The molecule has 110 valence electrons. The molecule has 0 aliphatic carbocycles. The molecule has 21 heavy (non-hydrogen) atoms. The highest BCUT2D eigenvalue weighted by Gasteiger charge is 2.04. The Hall–Kier alpha value is -2.28. The highest BCUT2D eigenvalue weighted by atomic mass is 32.2. The van der Waals surface area contributed by atoms with Gasteiger partial charge in [0.2, 0.25) is 5.91 Å². The van der Waals surface area contributed by atoms with Crippen LogP contribution in [0.25, 0.3) is 0 Å². The lowest BCUT2D eigenvalue weighted by atomic mass is 10.3. The van der Waals surface area contributed by atoms with E-state index in [0.717, 1.165) is 5.69 Å². The zero-order chi connectivity index (χ0) is 15.1. The van der Waals surface area contributed by atoms with Crippen molar-refractivity contribution in [2.75, 3.05) is 16.8 Å². The Morgan fingerprint density at radius 1 is 1.33 bits per heavy atom. The summed E-state index contributed by atoms with van der Waals surface area (Å²) >= 11 is 1.37. The minimum atomic E-state index is -0.271. The molecule has 0 fully saturated rings. The van der Waals surface area contributed by atoms with Crippen LogP contribution in [0.1, 0.15) is 12.8 Å². The molecule has 4 N–H and O–H groups in total. The summed E-state index contributed by atoms with van der Waals surface area (Å²) < 4.78 is 0. The lowest BCUT2D eigenvalue weighted by Gasteiger charge is -2.04. The molecule has 1 aromatic carbocycles. The number of hydrogen-bond acceptors (Lipinski definition) is 5. The van der Waals surface area contributed by atoms with E-state index in [1.807, 2.05) is 30.3 Å². The second kappa shape index (κ2) is 7.49. The van der Waals surface area contributed by atoms with Gasteiger partial charge in [0.05, 0.1) is 0 Å². The van der Waals surface area contributed by atoms with Crippen molar-refractivity contribution >= 4 is 29.2 Å². The fourth-order valence-corrected chi connectivity index (χ4v) is 2.49. The second-order valence-electron chi connectivity index (χ2n) is 4.34. The summed E-state index contributed by atoms with van der Waals surface area (Å²) in [6.45, 7) is 0. The molecule has 0 spiro atoms. The number of carbonyl (C=O) groups excluding carboxylic acids is 1. The van der Waals surface area contributed by atoms with Crippen LogP contribution in [0, 0.1) is 0 Å². The molecule has 2 rings (SSSR count). The standard InChI is InChI=1S/C14H16N4O2S/c15-11-9-13(20)18-14(17-11)21-8-4-7-12(19)16-10-5-2-1-3-6-10/h1-3,5-6,9H,4,7-8H2,(H,16,19)(H3,15,17,18,20). The maximum Gasteiger partial charge on any atom is 0.253 e. The van der Waals surface area contributed by atoms with Gasteiger partial charge in [0, 0.05) is 23.9 Å². The number of thioether (sulfide) groups is 1. The van der Waals surface area contributed by atoms with Crippen LogP contribution >= 0.6 is 11.8 Å². The topological polar surface area (TPSA) is 101 Å². The highest BCUT2D eigenvalue weighted by Crippen LogP contribution is 2.14. The first-order valence-electron chi connectivity index (χ1n) is 6.48. The Kier molecular flexibility index (Phi) is 5.39. The maximum absolute atomic E-state index is 11.7. The largest absolute Gasteiger partial charge is 0.383 e. The predicted molar refractivity (Wildman–Crippen MR) is 84.3 cm³/mol. The van der Waals surface area contributed by atoms with Gasteiger partial charge in [0.15, 0.2) is 5.16 Å². The number of nitrogens with two attached hydrogens (primary N) is 1. The van der Waals surface area contributed by atoms with Crippen LogP contribution in [0.15, 0.2) is 46.3 Å². The molecule has 0 saturated heterocycles. The number of anilines is 2. The molecule has 1 heterocycles. The van der Waals surface area contributed by atoms with E-state index in [1.165, 1.54) is 17.8 Å². The summed E-state index contributed by atoms with van der Waals surface area (Å²) in [5.74, 6) is 0.841. The number of H-pyrrole nitrogens is 1. The molecule has 0 aliphatic heterocycles. The molecule has 2 aromatic rings. The van der Waals surface area contributed by atoms with Crippen molar-refractivity contribution in [1.29, 1.82) is 0 Å². The predicted octanol–water partition coefficient (Wildman–Crippen LogP) is 1.86. The molecular weight excluding hydrogens is 288 g/mol. The van der Waals surface area contributed by atoms with Crippen LogP contribution in [0.3, 0.4) is 0 Å². The summed E-state index contributed by atoms with van der Waals surface area (Å²) in [6, 6.07) is 10.5. The van der Waals surface area contributed by atoms with E-state index in [0.29, 0.717) is 23.8 Å². The fraction of sp³-hybridized carbons (Fsp3) is 0.214. The molecule has 6 nitrogen and oxygen atoms in total. The zero-order valence-electron chi connectivity index (χ0n) is 11.3. The van der Waals surface area contributed by atoms with E-state index >= 15 is 0 Å². The number of nitrogens with one attached hydrogen (secondary N) is 2. The molecule has 1 aromatic heterocycles. The first-order valence-corrected chi connectivity index (χ1v) is 7.46. The number of amides is 1. The van der Waals surface area contributed by atoms with Gasteiger partial charge < -0.3 is 16.0 Å². The van der Waals surface area contributed by atoms with Crippen LogP contribution in [0.4, 0.5) is 11.5 Å². The number of benzene rings is 1. The number of aromatic amines is 1. The number of aromatic nitrogens is 2. The van der Waals surface area contributed by atoms with Crippen molar-refractivity contribution in [3.63, 3.8) is 0 Å². The monoisotopic (exact) mass is 304 g/mol. The van der Waals surface area contributed by atoms with Gasteiger partial charge in [0.25, 0.3) is 5.56 Å². The Bertz CT molecular complexity index is 658. The molecule has 0 atom stereocenters. The van der Waals surface area contributed by atoms with Gasteiger partial charge in [0.1, 0.15) is 5.82 Å². The fourth-order valence-electron chi connectivity index (χ4n) is 1.67. The van der Waals surface area contributed by atoms with Gasteiger partial charge in [-0.15, -0.1) is 0 Å². The SMILES string of the molecule is Nc1cc(=O)[nH]c(SCCCC(=O)Nc2ccccc2)n1. The molecule has 1 amide bonds. The summed E-state index contributed by atoms with van der Waals surface area (Å²) in [5.41, 5.74) is 6.01. The third-order valence-electron chi connectivity index (χ3n) is 2.58. The lowest BCUT2D eigenvalue weighted by Crippen LogP contribution is -2.12. The van der Waals surface area contributed by atoms with E-state index < -0.39 is 0 Å². The van der Waals surface area contributed by atoms with Gasteiger partial charge >= 0.3 is 0 Å². The zero-order valence-corrected chi connectivity index (χ0v) is 12.2. The van der Waals surface area contributed by atoms with Crippen molar-refractivity contribution in [3.05, 3.63) is 46.8 Å². The summed E-state index contributed by atoms with van der Waals surface area (Å²) in [5, 5.41) is 3.29. The highest BCUT2D eigenvalue weighted by molar-refractivity contribution is 7.99. The minimum Gasteiger partial charge on any atom is -0.383 e. The molecular formula is C14H16N4O2S. The number of hydrogen-bond donors (Lipinski definition) is 3. The van der Waals surface area contributed by atoms with Gasteiger partial charge in [-0.3, -0.25) is 9.59 Å². The van der Waals surface area contributed by atoms with E-state index in [2.05, 4.69) is 15.3 Å². The number of para-hydroxylation sites is 1. The van der Waals surface area contributed by atoms with E-state index in [9.17, 15) is 9.59 Å². The second-order valence-corrected chi connectivity index (χ2v) is 5.43. The van der Waals surface area contributed by atoms with Crippen LogP contribution in [-0.4, -0.2) is 21.6 Å². The Labute approximate surface area is 126 Å². The third kappa shape index (κ3) is 5.31. The van der Waals surface area contributed by atoms with Crippen LogP contribution in [0.2, 0.25) is 0 Å². The molecule has 7 heteroatoms. The van der Waals surface area contributed by atoms with Crippen molar-refractivity contribution in [3.8, 4) is 0 Å². The summed E-state index contributed by atoms with van der Waals surface area (Å²) in [4.78, 5) is 29.5. The number of carbonyl (C=O) groups is 1.